The molecule has 7 nitrogen and oxygen atoms in total. The third-order valence-electron chi connectivity index (χ3n) is 4.02. The number of alkyl halides is 6. The van der Waals surface area contributed by atoms with Crippen molar-refractivity contribution in [1.29, 1.82) is 0 Å². The van der Waals surface area contributed by atoms with Gasteiger partial charge in [-0.15, -0.1) is 0 Å². The zero-order chi connectivity index (χ0) is 25.2. The maximum Gasteiger partial charge on any atom is 0.534 e. The molecule has 0 heterocycles. The Balaban J connectivity index is 2.20. The van der Waals surface area contributed by atoms with Crippen LogP contribution in [-0.4, -0.2) is 40.5 Å². The Labute approximate surface area is 184 Å². The van der Waals surface area contributed by atoms with E-state index in [1.54, 1.807) is 5.32 Å². The second-order valence-electron chi connectivity index (χ2n) is 6.68. The van der Waals surface area contributed by atoms with Gasteiger partial charge in [-0.2, -0.15) is 34.8 Å². The smallest absolute Gasteiger partial charge is 0.376 e. The van der Waals surface area contributed by atoms with Gasteiger partial charge in [-0.25, -0.2) is 8.42 Å². The largest absolute Gasteiger partial charge is 0.534 e. The normalized spacial score (nSPS) is 13.9. The Morgan fingerprint density at radius 2 is 1.52 bits per heavy atom. The van der Waals surface area contributed by atoms with Crippen molar-refractivity contribution in [2.45, 2.75) is 40.9 Å². The van der Waals surface area contributed by atoms with Gasteiger partial charge in [0.05, 0.1) is 9.79 Å². The number of halogens is 6. The van der Waals surface area contributed by atoms with Crippen molar-refractivity contribution < 1.29 is 52.2 Å². The number of carbonyl (C=O) groups excluding carboxylic acids is 1. The summed E-state index contributed by atoms with van der Waals surface area (Å²) in [6, 6.07) is 7.23. The van der Waals surface area contributed by atoms with E-state index in [9.17, 15) is 48.0 Å². The number of benzene rings is 2. The summed E-state index contributed by atoms with van der Waals surface area (Å²) in [5.74, 6) is -3.00. The number of rotatable bonds is 7. The van der Waals surface area contributed by atoms with Crippen molar-refractivity contribution in [1.82, 2.24) is 5.32 Å². The van der Waals surface area contributed by atoms with E-state index < -0.39 is 54.2 Å². The first-order valence-corrected chi connectivity index (χ1v) is 11.6. The van der Waals surface area contributed by atoms with Gasteiger partial charge < -0.3 is 9.50 Å². The van der Waals surface area contributed by atoms with E-state index in [0.717, 1.165) is 30.3 Å². The lowest BCUT2D eigenvalue weighted by molar-refractivity contribution is -0.174. The van der Waals surface area contributed by atoms with Gasteiger partial charge >= 0.3 is 27.7 Å². The predicted octanol–water partition coefficient (Wildman–Crippen LogP) is 3.36. The van der Waals surface area contributed by atoms with Crippen LogP contribution in [0.25, 0.3) is 0 Å². The summed E-state index contributed by atoms with van der Waals surface area (Å²) in [4.78, 5) is 10.1. The van der Waals surface area contributed by atoms with E-state index in [2.05, 4.69) is 4.18 Å². The molecular formula is C18H15F6NO6S2. The molecule has 2 aromatic rings. The predicted molar refractivity (Wildman–Crippen MR) is 101 cm³/mol. The van der Waals surface area contributed by atoms with E-state index in [1.165, 1.54) is 19.1 Å². The standard InChI is InChI=1S/C18H15F6NO6S2/c1-11(25-16(26)17(19,20)21)9-12-5-7-14(8-6-12)32(27,28)15-4-2-3-13(10-15)31-33(29,30)18(22,23)24/h2-8,10-11H,9H2,1H3,(H,25,26). The molecule has 0 saturated heterocycles. The topological polar surface area (TPSA) is 107 Å². The van der Waals surface area contributed by atoms with Gasteiger partial charge in [-0.1, -0.05) is 18.2 Å². The van der Waals surface area contributed by atoms with Crippen LogP contribution in [0.3, 0.4) is 0 Å². The van der Waals surface area contributed by atoms with Crippen LogP contribution in [0.5, 0.6) is 5.75 Å². The molecule has 0 aliphatic carbocycles. The Kier molecular flexibility index (Phi) is 7.38. The highest BCUT2D eigenvalue weighted by atomic mass is 32.2. The molecule has 0 aliphatic rings. The molecule has 0 bridgehead atoms. The van der Waals surface area contributed by atoms with Crippen LogP contribution in [-0.2, 0) is 31.2 Å². The number of carbonyl (C=O) groups is 1. The third kappa shape index (κ3) is 6.60. The van der Waals surface area contributed by atoms with Gasteiger partial charge in [-0.3, -0.25) is 4.79 Å². The second kappa shape index (κ2) is 9.21. The summed E-state index contributed by atoms with van der Waals surface area (Å²) in [5, 5.41) is 1.75. The molecule has 15 heteroatoms. The third-order valence-corrected chi connectivity index (χ3v) is 6.76. The van der Waals surface area contributed by atoms with Crippen LogP contribution in [0.2, 0.25) is 0 Å². The summed E-state index contributed by atoms with van der Waals surface area (Å²) < 4.78 is 126. The van der Waals surface area contributed by atoms with Crippen LogP contribution in [0.4, 0.5) is 26.3 Å². The molecule has 0 aromatic heterocycles. The number of amides is 1. The minimum absolute atomic E-state index is 0.0548. The van der Waals surface area contributed by atoms with Crippen molar-refractivity contribution in [3.63, 3.8) is 0 Å². The fourth-order valence-corrected chi connectivity index (χ4v) is 4.27. The van der Waals surface area contributed by atoms with Gasteiger partial charge in [0, 0.05) is 12.1 Å². The number of hydrogen-bond acceptors (Lipinski definition) is 6. The summed E-state index contributed by atoms with van der Waals surface area (Å²) in [6.45, 7) is 1.31. The van der Waals surface area contributed by atoms with Crippen LogP contribution in [0.15, 0.2) is 58.3 Å². The quantitative estimate of drug-likeness (QED) is 0.342. The Morgan fingerprint density at radius 3 is 2.03 bits per heavy atom. The van der Waals surface area contributed by atoms with Gasteiger partial charge in [0.25, 0.3) is 0 Å². The maximum atomic E-state index is 12.7. The fraction of sp³-hybridized carbons (Fsp3) is 0.278. The molecule has 0 aliphatic heterocycles. The van der Waals surface area contributed by atoms with Crippen molar-refractivity contribution in [2.24, 2.45) is 0 Å². The number of hydrogen-bond donors (Lipinski definition) is 1. The van der Waals surface area contributed by atoms with Crippen LogP contribution < -0.4 is 9.50 Å². The van der Waals surface area contributed by atoms with E-state index in [-0.39, 0.29) is 11.3 Å². The number of sulfone groups is 1. The highest BCUT2D eigenvalue weighted by molar-refractivity contribution is 7.91. The van der Waals surface area contributed by atoms with E-state index in [0.29, 0.717) is 11.6 Å². The molecule has 1 atom stereocenters. The average Bonchev–Trinajstić information content (AvgIpc) is 2.66. The molecule has 0 saturated carbocycles. The molecule has 2 aromatic carbocycles. The van der Waals surface area contributed by atoms with E-state index >= 15 is 0 Å². The summed E-state index contributed by atoms with van der Waals surface area (Å²) in [7, 11) is -10.3. The minimum atomic E-state index is -6.01. The molecule has 1 unspecified atom stereocenters. The summed E-state index contributed by atoms with van der Waals surface area (Å²) >= 11 is 0. The first kappa shape index (κ1) is 26.4. The molecule has 1 N–H and O–H groups in total. The Hall–Kier alpha value is -2.81. The SMILES string of the molecule is CC(Cc1ccc(S(=O)(=O)c2cccc(OS(=O)(=O)C(F)(F)F)c2)cc1)NC(=O)C(F)(F)F. The minimum Gasteiger partial charge on any atom is -0.376 e. The molecule has 0 radical (unpaired) electrons. The molecular weight excluding hydrogens is 504 g/mol. The lowest BCUT2D eigenvalue weighted by Gasteiger charge is -2.15. The molecule has 0 spiro atoms. The monoisotopic (exact) mass is 519 g/mol. The highest BCUT2D eigenvalue weighted by Crippen LogP contribution is 2.29. The van der Waals surface area contributed by atoms with Gasteiger partial charge in [-0.05, 0) is 43.2 Å². The van der Waals surface area contributed by atoms with E-state index in [4.69, 9.17) is 0 Å². The number of nitrogens with one attached hydrogen (secondary N) is 1. The van der Waals surface area contributed by atoms with Gasteiger partial charge in [0.2, 0.25) is 9.84 Å². The Morgan fingerprint density at radius 1 is 0.939 bits per heavy atom. The second-order valence-corrected chi connectivity index (χ2v) is 10.2. The zero-order valence-corrected chi connectivity index (χ0v) is 18.1. The maximum absolute atomic E-state index is 12.7. The first-order chi connectivity index (χ1) is 14.9. The molecule has 33 heavy (non-hydrogen) atoms. The first-order valence-electron chi connectivity index (χ1n) is 8.76. The molecule has 182 valence electrons. The van der Waals surface area contributed by atoms with Crippen LogP contribution in [0.1, 0.15) is 12.5 Å². The van der Waals surface area contributed by atoms with Crippen LogP contribution in [0, 0.1) is 0 Å². The van der Waals surface area contributed by atoms with Crippen molar-refractivity contribution in [3.05, 3.63) is 54.1 Å². The van der Waals surface area contributed by atoms with Crippen molar-refractivity contribution >= 4 is 25.9 Å². The molecule has 2 rings (SSSR count). The van der Waals surface area contributed by atoms with Gasteiger partial charge in [0.15, 0.2) is 0 Å². The highest BCUT2D eigenvalue weighted by Gasteiger charge is 2.48. The van der Waals surface area contributed by atoms with Gasteiger partial charge in [0.1, 0.15) is 5.75 Å². The molecule has 0 fully saturated rings. The zero-order valence-electron chi connectivity index (χ0n) is 16.4. The summed E-state index contributed by atoms with van der Waals surface area (Å²) in [5.41, 5.74) is -5.33. The average molecular weight is 519 g/mol. The molecule has 1 amide bonds. The summed E-state index contributed by atoms with van der Waals surface area (Å²) in [6.07, 6.45) is -5.11. The van der Waals surface area contributed by atoms with Crippen LogP contribution >= 0.6 is 0 Å². The van der Waals surface area contributed by atoms with E-state index in [1.807, 2.05) is 0 Å². The van der Waals surface area contributed by atoms with Crippen molar-refractivity contribution in [2.75, 3.05) is 0 Å². The lowest BCUT2D eigenvalue weighted by atomic mass is 10.1. The lowest BCUT2D eigenvalue weighted by Crippen LogP contribution is -2.42. The van der Waals surface area contributed by atoms with Crippen molar-refractivity contribution in [3.8, 4) is 5.75 Å². The fourth-order valence-electron chi connectivity index (χ4n) is 2.52. The Bertz CT molecular complexity index is 1220.